The van der Waals surface area contributed by atoms with Crippen LogP contribution in [0.3, 0.4) is 0 Å². The Morgan fingerprint density at radius 3 is 2.76 bits per heavy atom. The number of benzene rings is 2. The number of hydrogen-bond acceptors (Lipinski definition) is 5. The highest BCUT2D eigenvalue weighted by atomic mass is 35.5. The minimum atomic E-state index is -0.564. The van der Waals surface area contributed by atoms with Gasteiger partial charge in [-0.25, -0.2) is 9.55 Å². The van der Waals surface area contributed by atoms with Crippen LogP contribution in [0, 0.1) is 17.0 Å². The predicted molar refractivity (Wildman–Crippen MR) is 100 cm³/mol. The van der Waals surface area contributed by atoms with Crippen molar-refractivity contribution in [2.75, 3.05) is 5.32 Å². The van der Waals surface area contributed by atoms with Gasteiger partial charge in [0, 0.05) is 22.8 Å². The first-order chi connectivity index (χ1) is 11.9. The zero-order chi connectivity index (χ0) is 18.1. The van der Waals surface area contributed by atoms with Crippen molar-refractivity contribution in [2.24, 2.45) is 0 Å². The Morgan fingerprint density at radius 1 is 1.32 bits per heavy atom. The number of aromatic nitrogens is 2. The van der Waals surface area contributed by atoms with Crippen molar-refractivity contribution in [1.29, 1.82) is 0 Å². The monoisotopic (exact) mass is 374 g/mol. The Labute approximate surface area is 152 Å². The van der Waals surface area contributed by atoms with Crippen LogP contribution in [0.4, 0.5) is 11.4 Å². The lowest BCUT2D eigenvalue weighted by Gasteiger charge is -2.13. The molecule has 0 spiro atoms. The molecule has 0 aliphatic heterocycles. The zero-order valence-corrected chi connectivity index (χ0v) is 14.5. The van der Waals surface area contributed by atoms with Gasteiger partial charge in [-0.05, 0) is 43.4 Å². The number of fused-ring (bicyclic) bond motifs is 1. The molecule has 1 N–H and O–H groups in total. The number of aryl methyl sites for hydroxylation is 1. The molecule has 126 valence electrons. The summed E-state index contributed by atoms with van der Waals surface area (Å²) in [6.07, 6.45) is 0. The molecule has 0 atom stereocenters. The van der Waals surface area contributed by atoms with E-state index >= 15 is 0 Å². The molecule has 0 saturated carbocycles. The van der Waals surface area contributed by atoms with Crippen molar-refractivity contribution >= 4 is 51.2 Å². The van der Waals surface area contributed by atoms with Gasteiger partial charge in [0.25, 0.3) is 11.2 Å². The van der Waals surface area contributed by atoms with Crippen molar-refractivity contribution in [2.45, 2.75) is 6.92 Å². The van der Waals surface area contributed by atoms with Crippen LogP contribution in [-0.4, -0.2) is 19.6 Å². The van der Waals surface area contributed by atoms with Gasteiger partial charge in [0.15, 0.2) is 5.11 Å². The number of hydrogen-bond donors (Lipinski definition) is 1. The molecule has 0 aliphatic carbocycles. The van der Waals surface area contributed by atoms with Gasteiger partial charge in [0.1, 0.15) is 5.82 Å². The van der Waals surface area contributed by atoms with Crippen LogP contribution in [0.25, 0.3) is 10.9 Å². The highest BCUT2D eigenvalue weighted by molar-refractivity contribution is 7.80. The molecule has 3 aromatic rings. The molecule has 0 bridgehead atoms. The summed E-state index contributed by atoms with van der Waals surface area (Å²) in [5, 5.41) is 14.6. The first-order valence-corrected chi connectivity index (χ1v) is 7.90. The third kappa shape index (κ3) is 3.35. The van der Waals surface area contributed by atoms with Crippen molar-refractivity contribution in [3.8, 4) is 0 Å². The number of nitrogens with one attached hydrogen (secondary N) is 1. The smallest absolute Gasteiger partial charge is 0.270 e. The summed E-state index contributed by atoms with van der Waals surface area (Å²) < 4.78 is 1.20. The second kappa shape index (κ2) is 6.58. The lowest BCUT2D eigenvalue weighted by atomic mass is 10.2. The molecule has 0 amide bonds. The highest BCUT2D eigenvalue weighted by Crippen LogP contribution is 2.18. The molecular weight excluding hydrogens is 364 g/mol. The van der Waals surface area contributed by atoms with E-state index in [1.165, 1.54) is 22.8 Å². The SMILES string of the molecule is Cc1nc2ccc([N+](=O)[O-])cc2c(=O)n1C(=S)Nc1cccc(Cl)c1. The molecule has 0 aliphatic rings. The summed E-state index contributed by atoms with van der Waals surface area (Å²) in [7, 11) is 0. The zero-order valence-electron chi connectivity index (χ0n) is 12.9. The van der Waals surface area contributed by atoms with Crippen LogP contribution in [0.5, 0.6) is 0 Å². The Balaban J connectivity index is 2.10. The molecule has 9 heteroatoms. The molecule has 2 aromatic carbocycles. The molecule has 1 aromatic heterocycles. The van der Waals surface area contributed by atoms with Gasteiger partial charge in [0.2, 0.25) is 0 Å². The van der Waals surface area contributed by atoms with Gasteiger partial charge in [-0.15, -0.1) is 0 Å². The number of rotatable bonds is 2. The van der Waals surface area contributed by atoms with Gasteiger partial charge in [-0.3, -0.25) is 14.9 Å². The molecule has 0 unspecified atom stereocenters. The number of nitro groups is 1. The minimum absolute atomic E-state index is 0.102. The molecule has 0 fully saturated rings. The molecular formula is C16H11ClN4O3S. The van der Waals surface area contributed by atoms with E-state index in [2.05, 4.69) is 10.3 Å². The topological polar surface area (TPSA) is 90.1 Å². The maximum atomic E-state index is 12.8. The largest absolute Gasteiger partial charge is 0.332 e. The van der Waals surface area contributed by atoms with E-state index in [9.17, 15) is 14.9 Å². The average molecular weight is 375 g/mol. The van der Waals surface area contributed by atoms with E-state index in [0.717, 1.165) is 0 Å². The van der Waals surface area contributed by atoms with Crippen LogP contribution >= 0.6 is 23.8 Å². The quantitative estimate of drug-likeness (QED) is 0.419. The minimum Gasteiger partial charge on any atom is -0.332 e. The fourth-order valence-electron chi connectivity index (χ4n) is 2.38. The second-order valence-electron chi connectivity index (χ2n) is 5.20. The van der Waals surface area contributed by atoms with E-state index in [4.69, 9.17) is 23.8 Å². The molecule has 7 nitrogen and oxygen atoms in total. The standard InChI is InChI=1S/C16H11ClN4O3S/c1-9-18-14-6-5-12(21(23)24)8-13(14)15(22)20(9)16(25)19-11-4-2-3-10(17)7-11/h2-8H,1H3,(H,19,25). The van der Waals surface area contributed by atoms with E-state index in [0.29, 0.717) is 22.1 Å². The van der Waals surface area contributed by atoms with E-state index in [1.54, 1.807) is 31.2 Å². The van der Waals surface area contributed by atoms with Crippen molar-refractivity contribution in [3.63, 3.8) is 0 Å². The first-order valence-electron chi connectivity index (χ1n) is 7.11. The van der Waals surface area contributed by atoms with Crippen molar-refractivity contribution in [1.82, 2.24) is 9.55 Å². The average Bonchev–Trinajstić information content (AvgIpc) is 2.54. The molecule has 3 rings (SSSR count). The lowest BCUT2D eigenvalue weighted by Crippen LogP contribution is -2.33. The van der Waals surface area contributed by atoms with Gasteiger partial charge in [-0.2, -0.15) is 0 Å². The first kappa shape index (κ1) is 17.0. The van der Waals surface area contributed by atoms with Crippen LogP contribution < -0.4 is 10.9 Å². The summed E-state index contributed by atoms with van der Waals surface area (Å²) in [4.78, 5) is 27.4. The summed E-state index contributed by atoms with van der Waals surface area (Å²) >= 11 is 11.2. The molecule has 0 radical (unpaired) electrons. The Morgan fingerprint density at radius 2 is 2.08 bits per heavy atom. The fraction of sp³-hybridized carbons (Fsp3) is 0.0625. The number of halogens is 1. The summed E-state index contributed by atoms with van der Waals surface area (Å²) in [5.74, 6) is 0.367. The summed E-state index contributed by atoms with van der Waals surface area (Å²) in [6, 6.07) is 10.8. The highest BCUT2D eigenvalue weighted by Gasteiger charge is 2.15. The maximum absolute atomic E-state index is 12.8. The lowest BCUT2D eigenvalue weighted by molar-refractivity contribution is -0.384. The van der Waals surface area contributed by atoms with Crippen LogP contribution in [-0.2, 0) is 0 Å². The number of nitro benzene ring substituents is 1. The molecule has 1 heterocycles. The number of non-ortho nitro benzene ring substituents is 1. The van der Waals surface area contributed by atoms with Gasteiger partial charge in [0.05, 0.1) is 15.8 Å². The molecule has 25 heavy (non-hydrogen) atoms. The van der Waals surface area contributed by atoms with Crippen LogP contribution in [0.1, 0.15) is 5.82 Å². The Bertz CT molecular complexity index is 1080. The number of nitrogens with zero attached hydrogens (tertiary/aromatic N) is 3. The maximum Gasteiger partial charge on any atom is 0.270 e. The summed E-state index contributed by atoms with van der Waals surface area (Å²) in [5.41, 5.74) is 0.319. The third-order valence-electron chi connectivity index (χ3n) is 3.51. The summed E-state index contributed by atoms with van der Waals surface area (Å²) in [6.45, 7) is 1.63. The second-order valence-corrected chi connectivity index (χ2v) is 6.02. The van der Waals surface area contributed by atoms with Crippen LogP contribution in [0.15, 0.2) is 47.3 Å². The predicted octanol–water partition coefficient (Wildman–Crippen LogP) is 3.51. The Hall–Kier alpha value is -2.84. The van der Waals surface area contributed by atoms with E-state index < -0.39 is 10.5 Å². The number of anilines is 1. The number of thiocarbonyl (C=S) groups is 1. The molecule has 0 saturated heterocycles. The van der Waals surface area contributed by atoms with E-state index in [-0.39, 0.29) is 16.2 Å². The van der Waals surface area contributed by atoms with Gasteiger partial charge < -0.3 is 5.32 Å². The normalized spacial score (nSPS) is 10.6. The van der Waals surface area contributed by atoms with E-state index in [1.807, 2.05) is 0 Å². The van der Waals surface area contributed by atoms with Crippen LogP contribution in [0.2, 0.25) is 5.02 Å². The third-order valence-corrected chi connectivity index (χ3v) is 4.03. The van der Waals surface area contributed by atoms with Gasteiger partial charge in [-0.1, -0.05) is 17.7 Å². The van der Waals surface area contributed by atoms with Gasteiger partial charge >= 0.3 is 0 Å². The van der Waals surface area contributed by atoms with Crippen molar-refractivity contribution < 1.29 is 4.92 Å². The fourth-order valence-corrected chi connectivity index (χ4v) is 2.91. The van der Waals surface area contributed by atoms with Crippen molar-refractivity contribution in [3.05, 3.63) is 73.8 Å². The Kier molecular flexibility index (Phi) is 4.47.